The SMILES string of the molecule is COc1cccc(Nc2ccc(N)c(C(C)=O)c2)c1. The van der Waals surface area contributed by atoms with E-state index in [1.807, 2.05) is 30.3 Å². The third-order valence-electron chi connectivity index (χ3n) is 2.79. The third-order valence-corrected chi connectivity index (χ3v) is 2.79. The Bertz CT molecular complexity index is 609. The zero-order valence-electron chi connectivity index (χ0n) is 10.9. The number of methoxy groups -OCH3 is 1. The molecule has 0 radical (unpaired) electrons. The van der Waals surface area contributed by atoms with Gasteiger partial charge >= 0.3 is 0 Å². The fourth-order valence-electron chi connectivity index (χ4n) is 1.81. The van der Waals surface area contributed by atoms with E-state index in [1.165, 1.54) is 6.92 Å². The molecule has 0 fully saturated rings. The van der Waals surface area contributed by atoms with Crippen LogP contribution in [0.1, 0.15) is 17.3 Å². The van der Waals surface area contributed by atoms with Crippen molar-refractivity contribution in [3.05, 3.63) is 48.0 Å². The quantitative estimate of drug-likeness (QED) is 0.651. The molecule has 0 amide bonds. The molecular formula is C15H16N2O2. The topological polar surface area (TPSA) is 64.3 Å². The Morgan fingerprint density at radius 2 is 1.89 bits per heavy atom. The van der Waals surface area contributed by atoms with Gasteiger partial charge in [0.2, 0.25) is 0 Å². The highest BCUT2D eigenvalue weighted by atomic mass is 16.5. The number of hydrogen-bond acceptors (Lipinski definition) is 4. The summed E-state index contributed by atoms with van der Waals surface area (Å²) in [7, 11) is 1.62. The number of rotatable bonds is 4. The first-order valence-electron chi connectivity index (χ1n) is 5.91. The predicted molar refractivity (Wildman–Crippen MR) is 77.1 cm³/mol. The Kier molecular flexibility index (Phi) is 3.71. The van der Waals surface area contributed by atoms with Gasteiger partial charge in [0.1, 0.15) is 5.75 Å². The average Bonchev–Trinajstić information content (AvgIpc) is 2.41. The van der Waals surface area contributed by atoms with E-state index in [9.17, 15) is 4.79 Å². The molecule has 4 nitrogen and oxygen atoms in total. The number of nitrogens with two attached hydrogens (primary N) is 1. The molecule has 0 aliphatic rings. The van der Waals surface area contributed by atoms with Crippen molar-refractivity contribution in [2.24, 2.45) is 0 Å². The van der Waals surface area contributed by atoms with Gasteiger partial charge in [0.25, 0.3) is 0 Å². The minimum Gasteiger partial charge on any atom is -0.497 e. The number of ether oxygens (including phenoxy) is 1. The summed E-state index contributed by atoms with van der Waals surface area (Å²) >= 11 is 0. The number of carbonyl (C=O) groups excluding carboxylic acids is 1. The molecule has 19 heavy (non-hydrogen) atoms. The molecule has 0 aliphatic carbocycles. The van der Waals surface area contributed by atoms with E-state index in [-0.39, 0.29) is 5.78 Å². The molecule has 0 aliphatic heterocycles. The van der Waals surface area contributed by atoms with Crippen molar-refractivity contribution in [3.63, 3.8) is 0 Å². The molecule has 0 saturated heterocycles. The van der Waals surface area contributed by atoms with Crippen molar-refractivity contribution in [2.45, 2.75) is 6.92 Å². The van der Waals surface area contributed by atoms with Crippen LogP contribution in [-0.4, -0.2) is 12.9 Å². The Morgan fingerprint density at radius 3 is 2.58 bits per heavy atom. The summed E-state index contributed by atoms with van der Waals surface area (Å²) < 4.78 is 5.16. The van der Waals surface area contributed by atoms with Gasteiger partial charge in [-0.25, -0.2) is 0 Å². The molecule has 0 unspecified atom stereocenters. The van der Waals surface area contributed by atoms with Gasteiger partial charge in [-0.3, -0.25) is 4.79 Å². The highest BCUT2D eigenvalue weighted by Gasteiger charge is 2.06. The first kappa shape index (κ1) is 13.0. The van der Waals surface area contributed by atoms with Crippen LogP contribution in [0.4, 0.5) is 17.1 Å². The average molecular weight is 256 g/mol. The zero-order chi connectivity index (χ0) is 13.8. The molecule has 98 valence electrons. The van der Waals surface area contributed by atoms with E-state index < -0.39 is 0 Å². The number of ketones is 1. The van der Waals surface area contributed by atoms with E-state index >= 15 is 0 Å². The fraction of sp³-hybridized carbons (Fsp3) is 0.133. The van der Waals surface area contributed by atoms with Crippen molar-refractivity contribution in [3.8, 4) is 5.75 Å². The molecule has 0 atom stereocenters. The van der Waals surface area contributed by atoms with Gasteiger partial charge in [-0.2, -0.15) is 0 Å². The van der Waals surface area contributed by atoms with Crippen LogP contribution in [0.5, 0.6) is 5.75 Å². The van der Waals surface area contributed by atoms with E-state index in [4.69, 9.17) is 10.5 Å². The van der Waals surface area contributed by atoms with Crippen LogP contribution in [0.15, 0.2) is 42.5 Å². The second kappa shape index (κ2) is 5.44. The molecule has 2 rings (SSSR count). The molecule has 2 aromatic rings. The summed E-state index contributed by atoms with van der Waals surface area (Å²) in [5.74, 6) is 0.721. The summed E-state index contributed by atoms with van der Waals surface area (Å²) in [5, 5.41) is 3.21. The van der Waals surface area contributed by atoms with Crippen molar-refractivity contribution in [1.82, 2.24) is 0 Å². The van der Waals surface area contributed by atoms with Gasteiger partial charge in [-0.05, 0) is 37.3 Å². The van der Waals surface area contributed by atoms with Crippen LogP contribution in [0, 0.1) is 0 Å². The Balaban J connectivity index is 2.28. The zero-order valence-corrected chi connectivity index (χ0v) is 10.9. The number of nitrogen functional groups attached to an aromatic ring is 1. The normalized spacial score (nSPS) is 10.0. The number of nitrogens with one attached hydrogen (secondary N) is 1. The van der Waals surface area contributed by atoms with Crippen LogP contribution < -0.4 is 15.8 Å². The number of carbonyl (C=O) groups is 1. The highest BCUT2D eigenvalue weighted by Crippen LogP contribution is 2.24. The largest absolute Gasteiger partial charge is 0.497 e. The lowest BCUT2D eigenvalue weighted by atomic mass is 10.1. The summed E-state index contributed by atoms with van der Waals surface area (Å²) in [5.41, 5.74) is 8.47. The van der Waals surface area contributed by atoms with Crippen LogP contribution in [0.2, 0.25) is 0 Å². The van der Waals surface area contributed by atoms with Crippen molar-refractivity contribution < 1.29 is 9.53 Å². The van der Waals surface area contributed by atoms with Gasteiger partial charge in [0.05, 0.1) is 7.11 Å². The van der Waals surface area contributed by atoms with E-state index in [0.717, 1.165) is 17.1 Å². The molecule has 0 spiro atoms. The first-order valence-corrected chi connectivity index (χ1v) is 5.91. The van der Waals surface area contributed by atoms with Crippen molar-refractivity contribution >= 4 is 22.8 Å². The smallest absolute Gasteiger partial charge is 0.161 e. The van der Waals surface area contributed by atoms with E-state index in [0.29, 0.717) is 11.3 Å². The molecule has 0 bridgehead atoms. The minimum atomic E-state index is -0.0493. The highest BCUT2D eigenvalue weighted by molar-refractivity contribution is 6.00. The number of anilines is 3. The van der Waals surface area contributed by atoms with E-state index in [2.05, 4.69) is 5.32 Å². The maximum Gasteiger partial charge on any atom is 0.161 e. The Morgan fingerprint density at radius 1 is 1.16 bits per heavy atom. The van der Waals surface area contributed by atoms with Gasteiger partial charge in [0.15, 0.2) is 5.78 Å². The monoisotopic (exact) mass is 256 g/mol. The number of Topliss-reactive ketones (excluding diaryl/α,β-unsaturated/α-hetero) is 1. The molecule has 0 aromatic heterocycles. The predicted octanol–water partition coefficient (Wildman–Crippen LogP) is 3.22. The molecule has 0 saturated carbocycles. The summed E-state index contributed by atoms with van der Waals surface area (Å²) in [6, 6.07) is 12.9. The molecule has 3 N–H and O–H groups in total. The maximum absolute atomic E-state index is 11.4. The Hall–Kier alpha value is -2.49. The van der Waals surface area contributed by atoms with Gasteiger partial charge in [-0.1, -0.05) is 6.07 Å². The lowest BCUT2D eigenvalue weighted by Crippen LogP contribution is -2.01. The van der Waals surface area contributed by atoms with Crippen LogP contribution in [-0.2, 0) is 0 Å². The first-order chi connectivity index (χ1) is 9.10. The number of benzene rings is 2. The Labute approximate surface area is 112 Å². The van der Waals surface area contributed by atoms with Crippen molar-refractivity contribution in [2.75, 3.05) is 18.2 Å². The second-order valence-corrected chi connectivity index (χ2v) is 4.22. The molecule has 0 heterocycles. The van der Waals surface area contributed by atoms with Gasteiger partial charge in [0, 0.05) is 28.7 Å². The standard InChI is InChI=1S/C15H16N2O2/c1-10(18)14-9-12(6-7-15(14)16)17-11-4-3-5-13(8-11)19-2/h3-9,17H,16H2,1-2H3. The van der Waals surface area contributed by atoms with Gasteiger partial charge < -0.3 is 15.8 Å². The number of hydrogen-bond donors (Lipinski definition) is 2. The van der Waals surface area contributed by atoms with Gasteiger partial charge in [-0.15, -0.1) is 0 Å². The maximum atomic E-state index is 11.4. The lowest BCUT2D eigenvalue weighted by Gasteiger charge is -2.10. The second-order valence-electron chi connectivity index (χ2n) is 4.22. The summed E-state index contributed by atoms with van der Waals surface area (Å²) in [6.07, 6.45) is 0. The van der Waals surface area contributed by atoms with Crippen LogP contribution in [0.3, 0.4) is 0 Å². The van der Waals surface area contributed by atoms with E-state index in [1.54, 1.807) is 19.2 Å². The summed E-state index contributed by atoms with van der Waals surface area (Å²) in [6.45, 7) is 1.50. The fourth-order valence-corrected chi connectivity index (χ4v) is 1.81. The summed E-state index contributed by atoms with van der Waals surface area (Å²) in [4.78, 5) is 11.4. The molecule has 2 aromatic carbocycles. The molecular weight excluding hydrogens is 240 g/mol. The van der Waals surface area contributed by atoms with Crippen LogP contribution >= 0.6 is 0 Å². The molecule has 4 heteroatoms. The third kappa shape index (κ3) is 3.04. The lowest BCUT2D eigenvalue weighted by molar-refractivity contribution is 0.101. The van der Waals surface area contributed by atoms with Crippen LogP contribution in [0.25, 0.3) is 0 Å². The minimum absolute atomic E-state index is 0.0493. The van der Waals surface area contributed by atoms with Crippen molar-refractivity contribution in [1.29, 1.82) is 0 Å².